The van der Waals surface area contributed by atoms with Crippen LogP contribution in [-0.4, -0.2) is 0 Å². The second kappa shape index (κ2) is 1.81. The molecule has 0 nitrogen and oxygen atoms in total. The molecule has 3 fully saturated rings. The first kappa shape index (κ1) is 7.17. The molecule has 0 aromatic rings. The summed E-state index contributed by atoms with van der Waals surface area (Å²) in [6.45, 7) is 9.06. The van der Waals surface area contributed by atoms with Gasteiger partial charge in [-0.3, -0.25) is 0 Å². The summed E-state index contributed by atoms with van der Waals surface area (Å²) < 4.78 is 0. The van der Waals surface area contributed by atoms with Gasteiger partial charge in [0, 0.05) is 0 Å². The van der Waals surface area contributed by atoms with E-state index < -0.39 is 0 Å². The molecular weight excluding hydrogens is 144 g/mol. The molecule has 5 unspecified atom stereocenters. The van der Waals surface area contributed by atoms with Crippen LogP contribution in [0.3, 0.4) is 0 Å². The normalized spacial score (nSPS) is 60.7. The van der Waals surface area contributed by atoms with E-state index in [9.17, 15) is 0 Å². The number of rotatable bonds is 1. The Bertz CT molecular complexity index is 253. The number of allylic oxidation sites excluding steroid dienone is 1. The van der Waals surface area contributed by atoms with E-state index in [4.69, 9.17) is 0 Å². The fraction of sp³-hybridized carbons (Fsp3) is 0.833. The van der Waals surface area contributed by atoms with Crippen LogP contribution in [0.15, 0.2) is 12.2 Å². The van der Waals surface area contributed by atoms with Crippen molar-refractivity contribution in [3.8, 4) is 0 Å². The third-order valence-electron chi connectivity index (χ3n) is 5.39. The zero-order valence-corrected chi connectivity index (χ0v) is 8.14. The molecule has 3 aliphatic rings. The number of hydrogen-bond acceptors (Lipinski definition) is 0. The Morgan fingerprint density at radius 1 is 1.58 bits per heavy atom. The van der Waals surface area contributed by atoms with E-state index in [-0.39, 0.29) is 0 Å². The van der Waals surface area contributed by atoms with Crippen LogP contribution >= 0.6 is 0 Å². The molecule has 0 aromatic heterocycles. The van der Waals surface area contributed by atoms with E-state index >= 15 is 0 Å². The predicted octanol–water partition coefficient (Wildman–Crippen LogP) is 3.24. The van der Waals surface area contributed by atoms with E-state index in [0.717, 1.165) is 29.1 Å². The minimum atomic E-state index is 0.786. The lowest BCUT2D eigenvalue weighted by Gasteiger charge is -2.68. The molecule has 0 amide bonds. The molecule has 3 aliphatic carbocycles. The van der Waals surface area contributed by atoms with Gasteiger partial charge in [-0.25, -0.2) is 0 Å². The molecule has 0 aliphatic heterocycles. The molecule has 5 atom stereocenters. The molecule has 0 saturated heterocycles. The second-order valence-corrected chi connectivity index (χ2v) is 5.24. The predicted molar refractivity (Wildman–Crippen MR) is 50.7 cm³/mol. The number of hydrogen-bond donors (Lipinski definition) is 0. The SMILES string of the molecule is C=C1CC2C(C)C3(CC)CC1C23. The summed E-state index contributed by atoms with van der Waals surface area (Å²) in [6.07, 6.45) is 4.25. The maximum atomic E-state index is 4.21. The van der Waals surface area contributed by atoms with Crippen molar-refractivity contribution < 1.29 is 0 Å². The molecule has 0 N–H and O–H groups in total. The Balaban J connectivity index is 1.95. The Kier molecular flexibility index (Phi) is 1.08. The van der Waals surface area contributed by atoms with Crippen LogP contribution in [0.4, 0.5) is 0 Å². The Morgan fingerprint density at radius 3 is 3.00 bits per heavy atom. The minimum Gasteiger partial charge on any atom is -0.0996 e. The summed E-state index contributed by atoms with van der Waals surface area (Å²) in [4.78, 5) is 0. The van der Waals surface area contributed by atoms with Crippen LogP contribution in [-0.2, 0) is 0 Å². The van der Waals surface area contributed by atoms with E-state index in [1.165, 1.54) is 19.3 Å². The van der Waals surface area contributed by atoms with Gasteiger partial charge in [0.1, 0.15) is 0 Å². The molecule has 0 heteroatoms. The molecule has 0 radical (unpaired) electrons. The van der Waals surface area contributed by atoms with E-state index in [1.807, 2.05) is 0 Å². The summed E-state index contributed by atoms with van der Waals surface area (Å²) in [5.74, 6) is 4.07. The summed E-state index contributed by atoms with van der Waals surface area (Å²) >= 11 is 0. The van der Waals surface area contributed by atoms with Crippen molar-refractivity contribution in [1.29, 1.82) is 0 Å². The van der Waals surface area contributed by atoms with Crippen molar-refractivity contribution >= 4 is 0 Å². The van der Waals surface area contributed by atoms with Gasteiger partial charge in [-0.15, -0.1) is 0 Å². The first-order chi connectivity index (χ1) is 5.70. The molecule has 66 valence electrons. The lowest BCUT2D eigenvalue weighted by molar-refractivity contribution is -0.201. The van der Waals surface area contributed by atoms with Gasteiger partial charge in [-0.2, -0.15) is 0 Å². The van der Waals surface area contributed by atoms with Gasteiger partial charge < -0.3 is 0 Å². The zero-order chi connectivity index (χ0) is 8.51. The molecule has 3 saturated carbocycles. The van der Waals surface area contributed by atoms with Crippen LogP contribution in [0.2, 0.25) is 0 Å². The highest BCUT2D eigenvalue weighted by Gasteiger charge is 2.71. The van der Waals surface area contributed by atoms with Gasteiger partial charge in [-0.1, -0.05) is 26.0 Å². The average molecular weight is 162 g/mol. The maximum absolute atomic E-state index is 4.21. The summed E-state index contributed by atoms with van der Waals surface area (Å²) in [5, 5.41) is 0. The smallest absolute Gasteiger partial charge is 0.0164 e. The van der Waals surface area contributed by atoms with E-state index in [0.29, 0.717) is 0 Å². The largest absolute Gasteiger partial charge is 0.0996 e. The monoisotopic (exact) mass is 162 g/mol. The standard InChI is InChI=1S/C12H18/c1-4-12-6-10-7(2)5-9(8(12)3)11(10)12/h8-11H,2,4-6H2,1,3H3. The molecule has 0 spiro atoms. The van der Waals surface area contributed by atoms with Crippen molar-refractivity contribution in [3.05, 3.63) is 12.2 Å². The van der Waals surface area contributed by atoms with Gasteiger partial charge in [0.05, 0.1) is 0 Å². The van der Waals surface area contributed by atoms with Crippen LogP contribution in [0.25, 0.3) is 0 Å². The summed E-state index contributed by atoms with van der Waals surface area (Å²) in [7, 11) is 0. The van der Waals surface area contributed by atoms with Gasteiger partial charge in [-0.05, 0) is 48.3 Å². The topological polar surface area (TPSA) is 0 Å². The molecule has 0 aromatic carbocycles. The first-order valence-electron chi connectivity index (χ1n) is 5.38. The molecule has 12 heavy (non-hydrogen) atoms. The Hall–Kier alpha value is -0.260. The maximum Gasteiger partial charge on any atom is -0.0164 e. The molecule has 3 rings (SSSR count). The van der Waals surface area contributed by atoms with E-state index in [1.54, 1.807) is 5.57 Å². The molecule has 0 bridgehead atoms. The minimum absolute atomic E-state index is 0.786. The van der Waals surface area contributed by atoms with E-state index in [2.05, 4.69) is 20.4 Å². The van der Waals surface area contributed by atoms with Gasteiger partial charge in [0.15, 0.2) is 0 Å². The highest BCUT2D eigenvalue weighted by molar-refractivity contribution is 5.30. The van der Waals surface area contributed by atoms with Crippen LogP contribution < -0.4 is 0 Å². The van der Waals surface area contributed by atoms with Crippen LogP contribution in [0, 0.1) is 29.1 Å². The van der Waals surface area contributed by atoms with Crippen molar-refractivity contribution in [2.24, 2.45) is 29.1 Å². The Morgan fingerprint density at radius 2 is 2.33 bits per heavy atom. The molecular formula is C12H18. The van der Waals surface area contributed by atoms with Crippen LogP contribution in [0.5, 0.6) is 0 Å². The highest BCUT2D eigenvalue weighted by Crippen LogP contribution is 2.78. The second-order valence-electron chi connectivity index (χ2n) is 5.24. The fourth-order valence-electron chi connectivity index (χ4n) is 4.60. The quantitative estimate of drug-likeness (QED) is 0.519. The van der Waals surface area contributed by atoms with Crippen molar-refractivity contribution in [3.63, 3.8) is 0 Å². The average Bonchev–Trinajstić information content (AvgIpc) is 2.18. The highest BCUT2D eigenvalue weighted by atomic mass is 14.8. The third kappa shape index (κ3) is 0.471. The fourth-order valence-corrected chi connectivity index (χ4v) is 4.60. The lowest BCUT2D eigenvalue weighted by Crippen LogP contribution is -2.63. The third-order valence-corrected chi connectivity index (χ3v) is 5.39. The van der Waals surface area contributed by atoms with Crippen molar-refractivity contribution in [2.75, 3.05) is 0 Å². The lowest BCUT2D eigenvalue weighted by atomic mass is 9.36. The molecule has 0 heterocycles. The van der Waals surface area contributed by atoms with Gasteiger partial charge in [0.2, 0.25) is 0 Å². The van der Waals surface area contributed by atoms with Crippen LogP contribution in [0.1, 0.15) is 33.1 Å². The van der Waals surface area contributed by atoms with Crippen molar-refractivity contribution in [1.82, 2.24) is 0 Å². The summed E-state index contributed by atoms with van der Waals surface area (Å²) in [6, 6.07) is 0. The summed E-state index contributed by atoms with van der Waals surface area (Å²) in [5.41, 5.74) is 2.37. The van der Waals surface area contributed by atoms with Gasteiger partial charge >= 0.3 is 0 Å². The Labute approximate surface area is 75.0 Å². The first-order valence-corrected chi connectivity index (χ1v) is 5.38. The van der Waals surface area contributed by atoms with Crippen molar-refractivity contribution in [2.45, 2.75) is 33.1 Å². The van der Waals surface area contributed by atoms with Gasteiger partial charge in [0.25, 0.3) is 0 Å². The zero-order valence-electron chi connectivity index (χ0n) is 8.14.